The third kappa shape index (κ3) is 4.93. The predicted molar refractivity (Wildman–Crippen MR) is 97.8 cm³/mol. The van der Waals surface area contributed by atoms with E-state index in [0.29, 0.717) is 0 Å². The molecule has 0 saturated heterocycles. The number of nitrogens with one attached hydrogen (secondary N) is 2. The number of hydrogen-bond donors (Lipinski definition) is 2. The lowest BCUT2D eigenvalue weighted by molar-refractivity contribution is 0.663. The minimum atomic E-state index is 0.190. The normalized spacial score (nSPS) is 12.6. The van der Waals surface area contributed by atoms with Gasteiger partial charge in [0.15, 0.2) is 5.96 Å². The Morgan fingerprint density at radius 3 is 2.45 bits per heavy atom. The number of thioether (sulfide) groups is 1. The summed E-state index contributed by atoms with van der Waals surface area (Å²) in [4.78, 5) is 4.32. The van der Waals surface area contributed by atoms with E-state index in [1.165, 1.54) is 17.0 Å². The van der Waals surface area contributed by atoms with Crippen LogP contribution in [0.3, 0.4) is 0 Å². The molecule has 0 amide bonds. The molecule has 1 aromatic rings. The molecule has 1 heterocycles. The highest BCUT2D eigenvalue weighted by Crippen LogP contribution is 2.19. The average Bonchev–Trinajstić information content (AvgIpc) is 2.82. The first-order valence-corrected chi connectivity index (χ1v) is 9.14. The monoisotopic (exact) mass is 325 g/mol. The van der Waals surface area contributed by atoms with E-state index in [1.54, 1.807) is 0 Å². The number of aryl methyl sites for hydroxylation is 2. The van der Waals surface area contributed by atoms with Gasteiger partial charge in [0, 0.05) is 43.2 Å². The molecule has 0 aliphatic carbocycles. The number of aliphatic imine (C=N–C) groups is 1. The van der Waals surface area contributed by atoms with E-state index in [4.69, 9.17) is 0 Å². The van der Waals surface area contributed by atoms with Gasteiger partial charge in [-0.3, -0.25) is 9.67 Å². The number of aromatic nitrogens is 2. The summed E-state index contributed by atoms with van der Waals surface area (Å²) in [6.07, 6.45) is 4.08. The molecule has 1 aromatic heterocycles. The van der Waals surface area contributed by atoms with E-state index in [9.17, 15) is 0 Å². The maximum atomic E-state index is 4.62. The van der Waals surface area contributed by atoms with Crippen LogP contribution in [0.25, 0.3) is 0 Å². The van der Waals surface area contributed by atoms with Crippen molar-refractivity contribution in [3.63, 3.8) is 0 Å². The van der Waals surface area contributed by atoms with Gasteiger partial charge in [-0.05, 0) is 32.9 Å². The Hall–Kier alpha value is -1.17. The van der Waals surface area contributed by atoms with Gasteiger partial charge >= 0.3 is 0 Å². The zero-order chi connectivity index (χ0) is 16.8. The fourth-order valence-electron chi connectivity index (χ4n) is 2.36. The molecule has 0 aliphatic heterocycles. The molecule has 0 atom stereocenters. The number of nitrogens with zero attached hydrogens (tertiary/aromatic N) is 3. The van der Waals surface area contributed by atoms with Crippen molar-refractivity contribution in [3.05, 3.63) is 17.0 Å². The van der Waals surface area contributed by atoms with Gasteiger partial charge < -0.3 is 10.6 Å². The molecular formula is C16H31N5S. The van der Waals surface area contributed by atoms with Crippen LogP contribution in [0.5, 0.6) is 0 Å². The molecule has 0 radical (unpaired) electrons. The van der Waals surface area contributed by atoms with Crippen LogP contribution in [0.1, 0.15) is 44.6 Å². The van der Waals surface area contributed by atoms with E-state index in [2.05, 4.69) is 54.7 Å². The summed E-state index contributed by atoms with van der Waals surface area (Å²) in [5.74, 6) is 0.843. The van der Waals surface area contributed by atoms with E-state index in [-0.39, 0.29) is 4.75 Å². The third-order valence-corrected chi connectivity index (χ3v) is 5.17. The SMILES string of the molecule is CCc1nn(C)c(CC)c1CNC(=NC)NCC(C)(C)SC. The lowest BCUT2D eigenvalue weighted by atomic mass is 10.1. The van der Waals surface area contributed by atoms with Gasteiger partial charge in [-0.15, -0.1) is 0 Å². The average molecular weight is 326 g/mol. The number of rotatable bonds is 7. The Balaban J connectivity index is 2.72. The smallest absolute Gasteiger partial charge is 0.191 e. The molecule has 126 valence electrons. The molecule has 0 aliphatic rings. The number of hydrogen-bond acceptors (Lipinski definition) is 3. The molecule has 0 bridgehead atoms. The second-order valence-corrected chi connectivity index (χ2v) is 7.46. The van der Waals surface area contributed by atoms with Crippen LogP contribution < -0.4 is 10.6 Å². The quantitative estimate of drug-likeness (QED) is 0.597. The van der Waals surface area contributed by atoms with Gasteiger partial charge in [-0.1, -0.05) is 13.8 Å². The van der Waals surface area contributed by atoms with Crippen molar-refractivity contribution >= 4 is 17.7 Å². The Bertz CT molecular complexity index is 505. The molecule has 2 N–H and O–H groups in total. The van der Waals surface area contributed by atoms with Gasteiger partial charge in [0.1, 0.15) is 0 Å². The van der Waals surface area contributed by atoms with E-state index in [0.717, 1.165) is 31.9 Å². The summed E-state index contributed by atoms with van der Waals surface area (Å²) >= 11 is 1.85. The summed E-state index contributed by atoms with van der Waals surface area (Å²) in [7, 11) is 3.84. The van der Waals surface area contributed by atoms with E-state index >= 15 is 0 Å². The summed E-state index contributed by atoms with van der Waals surface area (Å²) in [6, 6.07) is 0. The van der Waals surface area contributed by atoms with Crippen molar-refractivity contribution in [3.8, 4) is 0 Å². The third-order valence-electron chi connectivity index (χ3n) is 3.92. The fraction of sp³-hybridized carbons (Fsp3) is 0.750. The van der Waals surface area contributed by atoms with Gasteiger partial charge in [0.2, 0.25) is 0 Å². The highest BCUT2D eigenvalue weighted by Gasteiger charge is 2.17. The lowest BCUT2D eigenvalue weighted by Gasteiger charge is -2.23. The minimum Gasteiger partial charge on any atom is -0.355 e. The first-order valence-electron chi connectivity index (χ1n) is 7.91. The Morgan fingerprint density at radius 1 is 1.27 bits per heavy atom. The van der Waals surface area contributed by atoms with Crippen LogP contribution in [0.2, 0.25) is 0 Å². The first-order chi connectivity index (χ1) is 10.4. The molecule has 0 saturated carbocycles. The second kappa shape index (κ2) is 8.46. The zero-order valence-corrected chi connectivity index (χ0v) is 15.9. The Morgan fingerprint density at radius 2 is 1.95 bits per heavy atom. The molecule has 6 heteroatoms. The summed E-state index contributed by atoms with van der Waals surface area (Å²) in [5.41, 5.74) is 3.77. The van der Waals surface area contributed by atoms with Gasteiger partial charge in [-0.2, -0.15) is 16.9 Å². The van der Waals surface area contributed by atoms with Crippen LogP contribution in [0.15, 0.2) is 4.99 Å². The highest BCUT2D eigenvalue weighted by atomic mass is 32.2. The highest BCUT2D eigenvalue weighted by molar-refractivity contribution is 7.99. The maximum Gasteiger partial charge on any atom is 0.191 e. The zero-order valence-electron chi connectivity index (χ0n) is 15.1. The van der Waals surface area contributed by atoms with Crippen molar-refractivity contribution in [1.82, 2.24) is 20.4 Å². The van der Waals surface area contributed by atoms with Gasteiger partial charge in [-0.25, -0.2) is 0 Å². The van der Waals surface area contributed by atoms with Crippen LogP contribution in [-0.2, 0) is 26.4 Å². The molecular weight excluding hydrogens is 294 g/mol. The standard InChI is InChI=1S/C16H31N5S/c1-8-13-12(14(9-2)21(6)20-13)10-18-15(17-5)19-11-16(3,4)22-7/h8-11H2,1-7H3,(H2,17,18,19). The molecule has 0 fully saturated rings. The van der Waals surface area contributed by atoms with Crippen LogP contribution >= 0.6 is 11.8 Å². The summed E-state index contributed by atoms with van der Waals surface area (Å²) in [5, 5.41) is 11.4. The molecule has 1 rings (SSSR count). The van der Waals surface area contributed by atoms with E-state index < -0.39 is 0 Å². The van der Waals surface area contributed by atoms with Crippen LogP contribution in [0.4, 0.5) is 0 Å². The van der Waals surface area contributed by atoms with Gasteiger partial charge in [0.25, 0.3) is 0 Å². The molecule has 0 aromatic carbocycles. The fourth-order valence-corrected chi connectivity index (χ4v) is 2.57. The Labute approximate surface area is 139 Å². The molecule has 0 spiro atoms. The van der Waals surface area contributed by atoms with Gasteiger partial charge in [0.05, 0.1) is 5.69 Å². The Kier molecular flexibility index (Phi) is 7.26. The number of guanidine groups is 1. The lowest BCUT2D eigenvalue weighted by Crippen LogP contribution is -2.43. The van der Waals surface area contributed by atoms with Crippen LogP contribution in [0, 0.1) is 0 Å². The molecule has 0 unspecified atom stereocenters. The van der Waals surface area contributed by atoms with Crippen molar-refractivity contribution < 1.29 is 0 Å². The van der Waals surface area contributed by atoms with Crippen molar-refractivity contribution in [2.75, 3.05) is 19.8 Å². The topological polar surface area (TPSA) is 54.2 Å². The molecule has 22 heavy (non-hydrogen) atoms. The van der Waals surface area contributed by atoms with Crippen LogP contribution in [-0.4, -0.2) is 40.3 Å². The van der Waals surface area contributed by atoms with Crippen molar-refractivity contribution in [1.29, 1.82) is 0 Å². The predicted octanol–water partition coefficient (Wildman–Crippen LogP) is 2.35. The molecule has 5 nitrogen and oxygen atoms in total. The summed E-state index contributed by atoms with van der Waals surface area (Å²) < 4.78 is 2.19. The second-order valence-electron chi connectivity index (χ2n) is 5.95. The minimum absolute atomic E-state index is 0.190. The van der Waals surface area contributed by atoms with Crippen molar-refractivity contribution in [2.45, 2.75) is 51.8 Å². The maximum absolute atomic E-state index is 4.62. The summed E-state index contributed by atoms with van der Waals surface area (Å²) in [6.45, 7) is 10.4. The first kappa shape index (κ1) is 18.9. The van der Waals surface area contributed by atoms with Crippen molar-refractivity contribution in [2.24, 2.45) is 12.0 Å². The van der Waals surface area contributed by atoms with E-state index in [1.807, 2.05) is 30.5 Å². The largest absolute Gasteiger partial charge is 0.355 e.